The zero-order chi connectivity index (χ0) is 12.5. The minimum atomic E-state index is -0.197. The molecular weight excluding hydrogens is 218 g/mol. The van der Waals surface area contributed by atoms with E-state index in [1.807, 2.05) is 30.3 Å². The maximum absolute atomic E-state index is 11.5. The fraction of sp³-hybridized carbons (Fsp3) is 0.462. The lowest BCUT2D eigenvalue weighted by atomic mass is 10.1. The van der Waals surface area contributed by atoms with Gasteiger partial charge in [0.15, 0.2) is 0 Å². The highest BCUT2D eigenvalue weighted by atomic mass is 16.3. The lowest BCUT2D eigenvalue weighted by molar-refractivity contribution is -0.121. The highest BCUT2D eigenvalue weighted by Gasteiger charge is 2.08. The van der Waals surface area contributed by atoms with Gasteiger partial charge in [-0.25, -0.2) is 0 Å². The number of nitrogens with one attached hydrogen (secondary N) is 1. The predicted molar refractivity (Wildman–Crippen MR) is 65.2 cm³/mol. The molecule has 0 bridgehead atoms. The van der Waals surface area contributed by atoms with Crippen LogP contribution in [0.15, 0.2) is 30.3 Å². The second-order valence-electron chi connectivity index (χ2n) is 4.03. The average Bonchev–Trinajstić information content (AvgIpc) is 2.39. The van der Waals surface area contributed by atoms with Crippen LogP contribution < -0.4 is 5.32 Å². The van der Waals surface area contributed by atoms with Gasteiger partial charge < -0.3 is 15.5 Å². The van der Waals surface area contributed by atoms with Crippen LogP contribution in [-0.2, 0) is 11.3 Å². The molecule has 0 aromatic heterocycles. The Balaban J connectivity index is 2.22. The molecule has 1 amide bonds. The van der Waals surface area contributed by atoms with Crippen molar-refractivity contribution in [3.63, 3.8) is 0 Å². The molecule has 0 aliphatic rings. The van der Waals surface area contributed by atoms with Crippen LogP contribution in [0.25, 0.3) is 0 Å². The fourth-order valence-corrected chi connectivity index (χ4v) is 1.46. The van der Waals surface area contributed by atoms with Crippen molar-refractivity contribution in [2.45, 2.75) is 19.4 Å². The van der Waals surface area contributed by atoms with Crippen LogP contribution in [0.3, 0.4) is 0 Å². The summed E-state index contributed by atoms with van der Waals surface area (Å²) in [7, 11) is 0. The van der Waals surface area contributed by atoms with E-state index in [9.17, 15) is 4.79 Å². The van der Waals surface area contributed by atoms with E-state index < -0.39 is 0 Å². The molecule has 1 aromatic rings. The van der Waals surface area contributed by atoms with E-state index in [-0.39, 0.29) is 25.0 Å². The normalized spacial score (nSPS) is 10.5. The molecule has 0 unspecified atom stereocenters. The molecule has 0 atom stereocenters. The van der Waals surface area contributed by atoms with Gasteiger partial charge in [0.25, 0.3) is 0 Å². The summed E-state index contributed by atoms with van der Waals surface area (Å²) < 4.78 is 0. The Hall–Kier alpha value is -1.39. The maximum atomic E-state index is 11.5. The van der Waals surface area contributed by atoms with Gasteiger partial charge in [-0.15, -0.1) is 0 Å². The van der Waals surface area contributed by atoms with Crippen LogP contribution in [0.4, 0.5) is 0 Å². The lowest BCUT2D eigenvalue weighted by Gasteiger charge is -2.10. The minimum absolute atomic E-state index is 0.0549. The van der Waals surface area contributed by atoms with Crippen LogP contribution in [0.1, 0.15) is 18.4 Å². The molecular formula is C13H19NO3. The fourth-order valence-electron chi connectivity index (χ4n) is 1.46. The van der Waals surface area contributed by atoms with Gasteiger partial charge >= 0.3 is 0 Å². The zero-order valence-corrected chi connectivity index (χ0v) is 9.80. The molecule has 0 aliphatic carbocycles. The number of aliphatic hydroxyl groups is 2. The van der Waals surface area contributed by atoms with Gasteiger partial charge in [-0.1, -0.05) is 30.3 Å². The first-order valence-corrected chi connectivity index (χ1v) is 5.78. The highest BCUT2D eigenvalue weighted by Crippen LogP contribution is 2.05. The van der Waals surface area contributed by atoms with E-state index in [1.165, 1.54) is 0 Å². The Labute approximate surface area is 101 Å². The highest BCUT2D eigenvalue weighted by molar-refractivity contribution is 5.75. The number of benzene rings is 1. The molecule has 17 heavy (non-hydrogen) atoms. The summed E-state index contributed by atoms with van der Waals surface area (Å²) in [5.41, 5.74) is 1.06. The molecule has 1 rings (SSSR count). The molecule has 0 fully saturated rings. The van der Waals surface area contributed by atoms with Crippen LogP contribution in [0, 0.1) is 5.92 Å². The van der Waals surface area contributed by atoms with Crippen molar-refractivity contribution in [1.82, 2.24) is 5.32 Å². The van der Waals surface area contributed by atoms with Gasteiger partial charge in [0.1, 0.15) is 0 Å². The van der Waals surface area contributed by atoms with Gasteiger partial charge in [-0.3, -0.25) is 4.79 Å². The standard InChI is InChI=1S/C13H19NO3/c15-9-12(10-16)6-7-13(17)14-8-11-4-2-1-3-5-11/h1-5,12,15-16H,6-10H2,(H,14,17). The summed E-state index contributed by atoms with van der Waals surface area (Å²) in [5.74, 6) is -0.252. The second kappa shape index (κ2) is 7.81. The first-order chi connectivity index (χ1) is 8.26. The number of rotatable bonds is 7. The largest absolute Gasteiger partial charge is 0.396 e. The van der Waals surface area contributed by atoms with Gasteiger partial charge in [0.05, 0.1) is 0 Å². The zero-order valence-electron chi connectivity index (χ0n) is 9.80. The second-order valence-corrected chi connectivity index (χ2v) is 4.03. The van der Waals surface area contributed by atoms with Crippen molar-refractivity contribution >= 4 is 5.91 Å². The summed E-state index contributed by atoms with van der Waals surface area (Å²) in [5, 5.41) is 20.5. The van der Waals surface area contributed by atoms with Crippen LogP contribution in [0.2, 0.25) is 0 Å². The van der Waals surface area contributed by atoms with Crippen molar-refractivity contribution in [1.29, 1.82) is 0 Å². The van der Waals surface area contributed by atoms with Crippen molar-refractivity contribution in [2.75, 3.05) is 13.2 Å². The predicted octanol–water partition coefficient (Wildman–Crippen LogP) is 0.684. The Morgan fingerprint density at radius 2 is 1.82 bits per heavy atom. The maximum Gasteiger partial charge on any atom is 0.220 e. The third-order valence-electron chi connectivity index (χ3n) is 2.63. The molecule has 4 heteroatoms. The number of carbonyl (C=O) groups is 1. The lowest BCUT2D eigenvalue weighted by Crippen LogP contribution is -2.24. The SMILES string of the molecule is O=C(CCC(CO)CO)NCc1ccccc1. The molecule has 0 saturated heterocycles. The summed E-state index contributed by atoms with van der Waals surface area (Å²) >= 11 is 0. The summed E-state index contributed by atoms with van der Waals surface area (Å²) in [4.78, 5) is 11.5. The quantitative estimate of drug-likeness (QED) is 0.653. The molecule has 0 saturated carbocycles. The number of hydrogen-bond donors (Lipinski definition) is 3. The number of amides is 1. The van der Waals surface area contributed by atoms with E-state index in [4.69, 9.17) is 10.2 Å². The third-order valence-corrected chi connectivity index (χ3v) is 2.63. The summed E-state index contributed by atoms with van der Waals surface area (Å²) in [6, 6.07) is 9.68. The molecule has 4 nitrogen and oxygen atoms in total. The third kappa shape index (κ3) is 5.47. The first-order valence-electron chi connectivity index (χ1n) is 5.78. The number of hydrogen-bond acceptors (Lipinski definition) is 3. The van der Waals surface area contributed by atoms with Crippen LogP contribution >= 0.6 is 0 Å². The van der Waals surface area contributed by atoms with Crippen LogP contribution in [-0.4, -0.2) is 29.3 Å². The monoisotopic (exact) mass is 237 g/mol. The van der Waals surface area contributed by atoms with Gasteiger partial charge in [0.2, 0.25) is 5.91 Å². The van der Waals surface area contributed by atoms with Crippen molar-refractivity contribution in [2.24, 2.45) is 5.92 Å². The molecule has 0 spiro atoms. The average molecular weight is 237 g/mol. The Bertz CT molecular complexity index is 323. The molecule has 0 aliphatic heterocycles. The van der Waals surface area contributed by atoms with E-state index >= 15 is 0 Å². The molecule has 94 valence electrons. The Morgan fingerprint density at radius 1 is 1.18 bits per heavy atom. The summed E-state index contributed by atoms with van der Waals surface area (Å²) in [6.45, 7) is 0.355. The minimum Gasteiger partial charge on any atom is -0.396 e. The number of aliphatic hydroxyl groups excluding tert-OH is 2. The topological polar surface area (TPSA) is 69.6 Å². The molecule has 3 N–H and O–H groups in total. The smallest absolute Gasteiger partial charge is 0.220 e. The van der Waals surface area contributed by atoms with Gasteiger partial charge in [-0.05, 0) is 12.0 Å². The Kier molecular flexibility index (Phi) is 6.29. The van der Waals surface area contributed by atoms with Crippen molar-refractivity contribution < 1.29 is 15.0 Å². The molecule has 0 radical (unpaired) electrons. The van der Waals surface area contributed by atoms with Crippen molar-refractivity contribution in [3.8, 4) is 0 Å². The van der Waals surface area contributed by atoms with E-state index in [1.54, 1.807) is 0 Å². The number of carbonyl (C=O) groups excluding carboxylic acids is 1. The van der Waals surface area contributed by atoms with E-state index in [0.717, 1.165) is 5.56 Å². The van der Waals surface area contributed by atoms with Gasteiger partial charge in [0, 0.05) is 32.1 Å². The van der Waals surface area contributed by atoms with Gasteiger partial charge in [-0.2, -0.15) is 0 Å². The molecule has 0 heterocycles. The van der Waals surface area contributed by atoms with Crippen molar-refractivity contribution in [3.05, 3.63) is 35.9 Å². The van der Waals surface area contributed by atoms with Crippen LogP contribution in [0.5, 0.6) is 0 Å². The molecule has 1 aromatic carbocycles. The Morgan fingerprint density at radius 3 is 2.41 bits per heavy atom. The van der Waals surface area contributed by atoms with E-state index in [2.05, 4.69) is 5.32 Å². The first kappa shape index (κ1) is 13.7. The summed E-state index contributed by atoms with van der Waals surface area (Å²) in [6.07, 6.45) is 0.840. The van der Waals surface area contributed by atoms with E-state index in [0.29, 0.717) is 19.4 Å².